The molecular formula is C19H22F3N3O2. The third-order valence-corrected chi connectivity index (χ3v) is 4.75. The highest BCUT2D eigenvalue weighted by molar-refractivity contribution is 5.94. The summed E-state index contributed by atoms with van der Waals surface area (Å²) in [5, 5.41) is 2.59. The fourth-order valence-corrected chi connectivity index (χ4v) is 3.12. The number of piperazine rings is 1. The van der Waals surface area contributed by atoms with Crippen LogP contribution in [0.15, 0.2) is 47.1 Å². The quantitative estimate of drug-likeness (QED) is 0.862. The number of benzene rings is 1. The second kappa shape index (κ2) is 8.14. The van der Waals surface area contributed by atoms with Gasteiger partial charge >= 0.3 is 6.18 Å². The highest BCUT2D eigenvalue weighted by Gasteiger charge is 2.31. The molecule has 1 fully saturated rings. The first-order valence-electron chi connectivity index (χ1n) is 8.80. The molecule has 146 valence electrons. The van der Waals surface area contributed by atoms with Gasteiger partial charge in [0.1, 0.15) is 5.76 Å². The van der Waals surface area contributed by atoms with Gasteiger partial charge < -0.3 is 9.73 Å². The zero-order valence-electron chi connectivity index (χ0n) is 15.0. The van der Waals surface area contributed by atoms with Crippen molar-refractivity contribution in [2.24, 2.45) is 0 Å². The molecule has 5 nitrogen and oxygen atoms in total. The van der Waals surface area contributed by atoms with Gasteiger partial charge in [0.15, 0.2) is 0 Å². The number of carbonyl (C=O) groups is 1. The smallest absolute Gasteiger partial charge is 0.416 e. The summed E-state index contributed by atoms with van der Waals surface area (Å²) in [7, 11) is 0. The monoisotopic (exact) mass is 381 g/mol. The van der Waals surface area contributed by atoms with Gasteiger partial charge in [-0.15, -0.1) is 0 Å². The minimum atomic E-state index is -4.43. The van der Waals surface area contributed by atoms with Crippen LogP contribution in [0.2, 0.25) is 0 Å². The fourth-order valence-electron chi connectivity index (χ4n) is 3.12. The number of halogens is 3. The number of furan rings is 1. The lowest BCUT2D eigenvalue weighted by Crippen LogP contribution is -2.52. The van der Waals surface area contributed by atoms with E-state index in [4.69, 9.17) is 4.42 Å². The van der Waals surface area contributed by atoms with Crippen LogP contribution in [-0.4, -0.2) is 47.9 Å². The van der Waals surface area contributed by atoms with Crippen molar-refractivity contribution in [3.63, 3.8) is 0 Å². The van der Waals surface area contributed by atoms with E-state index in [2.05, 4.69) is 10.2 Å². The Bertz CT molecular complexity index is 754. The van der Waals surface area contributed by atoms with Gasteiger partial charge in [-0.1, -0.05) is 6.07 Å². The van der Waals surface area contributed by atoms with E-state index in [0.29, 0.717) is 13.1 Å². The molecule has 1 amide bonds. The molecule has 0 aliphatic carbocycles. The average molecular weight is 381 g/mol. The van der Waals surface area contributed by atoms with Crippen molar-refractivity contribution < 1.29 is 22.4 Å². The van der Waals surface area contributed by atoms with Gasteiger partial charge in [-0.2, -0.15) is 13.2 Å². The van der Waals surface area contributed by atoms with Crippen molar-refractivity contribution >= 4 is 11.6 Å². The molecular weight excluding hydrogens is 359 g/mol. The Labute approximate surface area is 155 Å². The Kier molecular flexibility index (Phi) is 5.86. The van der Waals surface area contributed by atoms with Crippen molar-refractivity contribution in [2.75, 3.05) is 31.5 Å². The van der Waals surface area contributed by atoms with Crippen LogP contribution in [0.25, 0.3) is 0 Å². The number of amides is 1. The Morgan fingerprint density at radius 1 is 1.19 bits per heavy atom. The third kappa shape index (κ3) is 5.11. The molecule has 0 radical (unpaired) electrons. The first-order valence-corrected chi connectivity index (χ1v) is 8.80. The molecule has 0 unspecified atom stereocenters. The normalized spacial score (nSPS) is 17.6. The van der Waals surface area contributed by atoms with Crippen molar-refractivity contribution in [1.29, 1.82) is 0 Å². The second-order valence-corrected chi connectivity index (χ2v) is 6.64. The van der Waals surface area contributed by atoms with Crippen LogP contribution in [0, 0.1) is 0 Å². The summed E-state index contributed by atoms with van der Waals surface area (Å²) in [6.45, 7) is 5.50. The lowest BCUT2D eigenvalue weighted by Gasteiger charge is -2.37. The zero-order valence-corrected chi connectivity index (χ0v) is 15.0. The lowest BCUT2D eigenvalue weighted by molar-refractivity contribution is -0.137. The van der Waals surface area contributed by atoms with Crippen LogP contribution in [0.1, 0.15) is 18.2 Å². The van der Waals surface area contributed by atoms with Gasteiger partial charge in [0, 0.05) is 31.9 Å². The SMILES string of the molecule is C[C@@H](C(=O)Nc1cccc(C(F)(F)F)c1)N1CCN(Cc2ccco2)CC1. The third-order valence-electron chi connectivity index (χ3n) is 4.75. The van der Waals surface area contributed by atoms with Crippen molar-refractivity contribution in [1.82, 2.24) is 9.80 Å². The first-order chi connectivity index (χ1) is 12.8. The van der Waals surface area contributed by atoms with Crippen molar-refractivity contribution in [3.05, 3.63) is 54.0 Å². The summed E-state index contributed by atoms with van der Waals surface area (Å²) in [6, 6.07) is 8.04. The molecule has 8 heteroatoms. The Morgan fingerprint density at radius 2 is 1.93 bits per heavy atom. The molecule has 1 aliphatic heterocycles. The molecule has 0 bridgehead atoms. The van der Waals surface area contributed by atoms with Crippen LogP contribution in [-0.2, 0) is 17.5 Å². The van der Waals surface area contributed by atoms with Crippen LogP contribution in [0.5, 0.6) is 0 Å². The molecule has 2 heterocycles. The summed E-state index contributed by atoms with van der Waals surface area (Å²) in [5.41, 5.74) is -0.627. The van der Waals surface area contributed by atoms with Gasteiger partial charge in [-0.05, 0) is 37.3 Å². The maximum absolute atomic E-state index is 12.8. The minimum Gasteiger partial charge on any atom is -0.468 e. The van der Waals surface area contributed by atoms with E-state index in [1.54, 1.807) is 13.2 Å². The van der Waals surface area contributed by atoms with Crippen LogP contribution in [0.3, 0.4) is 0 Å². The Balaban J connectivity index is 1.52. The number of alkyl halides is 3. The van der Waals surface area contributed by atoms with Crippen LogP contribution >= 0.6 is 0 Å². The topological polar surface area (TPSA) is 48.7 Å². The average Bonchev–Trinajstić information content (AvgIpc) is 3.14. The molecule has 1 N–H and O–H groups in total. The first kappa shape index (κ1) is 19.4. The molecule has 0 spiro atoms. The van der Waals surface area contributed by atoms with Gasteiger partial charge in [0.25, 0.3) is 0 Å². The number of rotatable bonds is 5. The summed E-state index contributed by atoms with van der Waals surface area (Å²) in [6.07, 6.45) is -2.79. The Hall–Kier alpha value is -2.32. The van der Waals surface area contributed by atoms with E-state index < -0.39 is 17.8 Å². The van der Waals surface area contributed by atoms with Crippen LogP contribution < -0.4 is 5.32 Å². The van der Waals surface area contributed by atoms with Gasteiger partial charge in [0.2, 0.25) is 5.91 Å². The number of carbonyl (C=O) groups excluding carboxylic acids is 1. The highest BCUT2D eigenvalue weighted by atomic mass is 19.4. The van der Waals surface area contributed by atoms with E-state index >= 15 is 0 Å². The molecule has 0 saturated carbocycles. The molecule has 1 aromatic heterocycles. The summed E-state index contributed by atoms with van der Waals surface area (Å²) < 4.78 is 43.7. The van der Waals surface area contributed by atoms with E-state index in [0.717, 1.165) is 37.5 Å². The molecule has 1 aliphatic rings. The Morgan fingerprint density at radius 3 is 2.56 bits per heavy atom. The molecule has 1 saturated heterocycles. The highest BCUT2D eigenvalue weighted by Crippen LogP contribution is 2.30. The van der Waals surface area contributed by atoms with E-state index in [-0.39, 0.29) is 11.6 Å². The van der Waals surface area contributed by atoms with E-state index in [1.807, 2.05) is 17.0 Å². The molecule has 3 rings (SSSR count). The number of anilines is 1. The molecule has 1 aromatic carbocycles. The maximum Gasteiger partial charge on any atom is 0.416 e. The van der Waals surface area contributed by atoms with E-state index in [1.165, 1.54) is 12.1 Å². The predicted octanol–water partition coefficient (Wildman–Crippen LogP) is 3.44. The second-order valence-electron chi connectivity index (χ2n) is 6.64. The largest absolute Gasteiger partial charge is 0.468 e. The fraction of sp³-hybridized carbons (Fsp3) is 0.421. The number of hydrogen-bond acceptors (Lipinski definition) is 4. The maximum atomic E-state index is 12.8. The standard InChI is InChI=1S/C19H22F3N3O2/c1-14(18(26)23-16-5-2-4-15(12-16)19(20,21)22)25-9-7-24(8-10-25)13-17-6-3-11-27-17/h2-6,11-12,14H,7-10,13H2,1H3,(H,23,26)/t14-/m0/s1. The van der Waals surface area contributed by atoms with Crippen molar-refractivity contribution in [3.8, 4) is 0 Å². The summed E-state index contributed by atoms with van der Waals surface area (Å²) >= 11 is 0. The number of hydrogen-bond donors (Lipinski definition) is 1. The predicted molar refractivity (Wildman–Crippen MR) is 95.1 cm³/mol. The van der Waals surface area contributed by atoms with Gasteiger partial charge in [-0.3, -0.25) is 14.6 Å². The van der Waals surface area contributed by atoms with E-state index in [9.17, 15) is 18.0 Å². The number of nitrogens with zero attached hydrogens (tertiary/aromatic N) is 2. The number of nitrogens with one attached hydrogen (secondary N) is 1. The minimum absolute atomic E-state index is 0.151. The summed E-state index contributed by atoms with van der Waals surface area (Å²) in [5.74, 6) is 0.590. The molecule has 1 atom stereocenters. The van der Waals surface area contributed by atoms with Gasteiger partial charge in [0.05, 0.1) is 24.4 Å². The van der Waals surface area contributed by atoms with Crippen LogP contribution in [0.4, 0.5) is 18.9 Å². The van der Waals surface area contributed by atoms with Crippen molar-refractivity contribution in [2.45, 2.75) is 25.7 Å². The summed E-state index contributed by atoms with van der Waals surface area (Å²) in [4.78, 5) is 16.7. The zero-order chi connectivity index (χ0) is 19.4. The molecule has 27 heavy (non-hydrogen) atoms. The van der Waals surface area contributed by atoms with Gasteiger partial charge in [-0.25, -0.2) is 0 Å². The lowest BCUT2D eigenvalue weighted by atomic mass is 10.1. The molecule has 2 aromatic rings.